The molecule has 106 valence electrons. The third kappa shape index (κ3) is 3.22. The first-order chi connectivity index (χ1) is 8.60. The Bertz CT molecular complexity index is 482. The monoisotopic (exact) mass is 265 g/mol. The normalized spacial score (nSPS) is 12.3. The molecule has 0 radical (unpaired) electrons. The van der Waals surface area contributed by atoms with E-state index in [1.165, 1.54) is 0 Å². The molecule has 0 aliphatic heterocycles. The molecular weight excluding hydrogens is 242 g/mol. The maximum absolute atomic E-state index is 11.4. The number of aromatic nitrogens is 2. The Morgan fingerprint density at radius 2 is 1.89 bits per heavy atom. The number of carboxylic acids is 1. The fourth-order valence-electron chi connectivity index (χ4n) is 1.62. The Hall–Kier alpha value is -1.65. The van der Waals surface area contributed by atoms with Crippen molar-refractivity contribution in [3.05, 3.63) is 17.6 Å². The molecule has 0 atom stereocenters. The van der Waals surface area contributed by atoms with E-state index in [1.54, 1.807) is 13.8 Å². The summed E-state index contributed by atoms with van der Waals surface area (Å²) in [5, 5.41) is 12.6. The van der Waals surface area contributed by atoms with Gasteiger partial charge in [-0.05, 0) is 41.0 Å². The molecule has 0 aliphatic rings. The largest absolute Gasteiger partial charge is 0.481 e. The summed E-state index contributed by atoms with van der Waals surface area (Å²) < 4.78 is 0. The number of nitrogens with one attached hydrogen (secondary N) is 1. The van der Waals surface area contributed by atoms with Crippen LogP contribution in [0.1, 0.15) is 46.1 Å². The number of aliphatic carboxylic acids is 1. The number of hydrogen-bond donors (Lipinski definition) is 2. The molecule has 0 saturated heterocycles. The zero-order valence-electron chi connectivity index (χ0n) is 12.5. The van der Waals surface area contributed by atoms with Crippen molar-refractivity contribution < 1.29 is 9.90 Å². The summed E-state index contributed by atoms with van der Waals surface area (Å²) in [6.45, 7) is 11.0. The molecule has 5 nitrogen and oxygen atoms in total. The topological polar surface area (TPSA) is 75.1 Å². The van der Waals surface area contributed by atoms with Crippen molar-refractivity contribution in [1.29, 1.82) is 0 Å². The summed E-state index contributed by atoms with van der Waals surface area (Å²) in [7, 11) is 0. The van der Waals surface area contributed by atoms with Gasteiger partial charge >= 0.3 is 5.97 Å². The summed E-state index contributed by atoms with van der Waals surface area (Å²) in [5.74, 6) is 0.515. The summed E-state index contributed by atoms with van der Waals surface area (Å²) in [6, 6.07) is 1.87. The van der Waals surface area contributed by atoms with E-state index in [0.717, 1.165) is 12.1 Å². The first kappa shape index (κ1) is 15.4. The minimum atomic E-state index is -0.918. The van der Waals surface area contributed by atoms with Gasteiger partial charge in [0.05, 0.1) is 5.41 Å². The van der Waals surface area contributed by atoms with E-state index in [1.807, 2.05) is 33.8 Å². The van der Waals surface area contributed by atoms with Crippen LogP contribution < -0.4 is 5.32 Å². The minimum Gasteiger partial charge on any atom is -0.481 e. The van der Waals surface area contributed by atoms with E-state index in [0.29, 0.717) is 11.6 Å². The Labute approximate surface area is 114 Å². The average Bonchev–Trinajstić information content (AvgIpc) is 2.26. The summed E-state index contributed by atoms with van der Waals surface area (Å²) >= 11 is 0. The van der Waals surface area contributed by atoms with E-state index in [9.17, 15) is 9.90 Å². The molecule has 0 aliphatic carbocycles. The van der Waals surface area contributed by atoms with Crippen LogP contribution in [0.2, 0.25) is 0 Å². The van der Waals surface area contributed by atoms with E-state index in [2.05, 4.69) is 15.3 Å². The molecule has 1 aromatic heterocycles. The second-order valence-electron chi connectivity index (χ2n) is 5.83. The standard InChI is InChI=1S/C14H23N3O2/c1-7-10-8-11(16-9(2)15-10)17-14(5,6)13(3,4)12(18)19/h8H,7H2,1-6H3,(H,18,19)(H,15,16,17). The lowest BCUT2D eigenvalue weighted by atomic mass is 9.74. The van der Waals surface area contributed by atoms with Gasteiger partial charge in [0.25, 0.3) is 0 Å². The quantitative estimate of drug-likeness (QED) is 0.856. The summed E-state index contributed by atoms with van der Waals surface area (Å²) in [5.41, 5.74) is -0.609. The van der Waals surface area contributed by atoms with Gasteiger partial charge < -0.3 is 10.4 Å². The lowest BCUT2D eigenvalue weighted by Crippen LogP contribution is -2.50. The number of aryl methyl sites for hydroxylation is 2. The Balaban J connectivity index is 3.07. The second kappa shape index (κ2) is 5.15. The van der Waals surface area contributed by atoms with Crippen LogP contribution in [0.15, 0.2) is 6.07 Å². The number of rotatable bonds is 5. The van der Waals surface area contributed by atoms with Crippen LogP contribution in [0.25, 0.3) is 0 Å². The van der Waals surface area contributed by atoms with Crippen LogP contribution in [-0.4, -0.2) is 26.6 Å². The van der Waals surface area contributed by atoms with Gasteiger partial charge in [0.1, 0.15) is 11.6 Å². The van der Waals surface area contributed by atoms with E-state index in [-0.39, 0.29) is 0 Å². The highest BCUT2D eigenvalue weighted by atomic mass is 16.4. The van der Waals surface area contributed by atoms with E-state index >= 15 is 0 Å². The Kier molecular flexibility index (Phi) is 4.18. The van der Waals surface area contributed by atoms with Crippen LogP contribution in [0.3, 0.4) is 0 Å². The van der Waals surface area contributed by atoms with Crippen LogP contribution in [0, 0.1) is 12.3 Å². The molecule has 1 aromatic rings. The number of carbonyl (C=O) groups is 1. The predicted molar refractivity (Wildman–Crippen MR) is 75.3 cm³/mol. The number of nitrogens with zero attached hydrogens (tertiary/aromatic N) is 2. The van der Waals surface area contributed by atoms with Crippen molar-refractivity contribution in [1.82, 2.24) is 9.97 Å². The zero-order valence-corrected chi connectivity index (χ0v) is 12.5. The fourth-order valence-corrected chi connectivity index (χ4v) is 1.62. The summed E-state index contributed by atoms with van der Waals surface area (Å²) in [6.07, 6.45) is 0.820. The van der Waals surface area contributed by atoms with Crippen molar-refractivity contribution in [3.8, 4) is 0 Å². The SMILES string of the molecule is CCc1cc(NC(C)(C)C(C)(C)C(=O)O)nc(C)n1. The number of hydrogen-bond acceptors (Lipinski definition) is 4. The van der Waals surface area contributed by atoms with Gasteiger partial charge in [-0.2, -0.15) is 0 Å². The van der Waals surface area contributed by atoms with Gasteiger partial charge in [-0.15, -0.1) is 0 Å². The molecule has 0 fully saturated rings. The molecular formula is C14H23N3O2. The molecule has 5 heteroatoms. The maximum Gasteiger partial charge on any atom is 0.311 e. The summed E-state index contributed by atoms with van der Waals surface area (Å²) in [4.78, 5) is 20.0. The predicted octanol–water partition coefficient (Wildman–Crippen LogP) is 2.65. The molecule has 1 heterocycles. The van der Waals surface area contributed by atoms with Crippen molar-refractivity contribution >= 4 is 11.8 Å². The minimum absolute atomic E-state index is 0.634. The lowest BCUT2D eigenvalue weighted by molar-refractivity contribution is -0.149. The molecule has 0 aromatic carbocycles. The van der Waals surface area contributed by atoms with Crippen LogP contribution in [0.4, 0.5) is 5.82 Å². The molecule has 0 saturated carbocycles. The van der Waals surface area contributed by atoms with Crippen LogP contribution in [-0.2, 0) is 11.2 Å². The van der Waals surface area contributed by atoms with Gasteiger partial charge in [-0.25, -0.2) is 9.97 Å². The van der Waals surface area contributed by atoms with Crippen LogP contribution in [0.5, 0.6) is 0 Å². The molecule has 2 N–H and O–H groups in total. The third-order valence-corrected chi connectivity index (χ3v) is 3.79. The highest BCUT2D eigenvalue weighted by molar-refractivity contribution is 5.76. The zero-order chi connectivity index (χ0) is 14.8. The van der Waals surface area contributed by atoms with Crippen molar-refractivity contribution in [2.75, 3.05) is 5.32 Å². The van der Waals surface area contributed by atoms with Gasteiger partial charge in [-0.3, -0.25) is 4.79 Å². The second-order valence-corrected chi connectivity index (χ2v) is 5.83. The maximum atomic E-state index is 11.4. The number of carboxylic acid groups (broad SMARTS) is 1. The van der Waals surface area contributed by atoms with Crippen molar-refractivity contribution in [3.63, 3.8) is 0 Å². The average molecular weight is 265 g/mol. The third-order valence-electron chi connectivity index (χ3n) is 3.79. The molecule has 0 bridgehead atoms. The van der Waals surface area contributed by atoms with Crippen molar-refractivity contribution in [2.24, 2.45) is 5.41 Å². The highest BCUT2D eigenvalue weighted by Crippen LogP contribution is 2.33. The number of anilines is 1. The molecule has 0 spiro atoms. The Morgan fingerprint density at radius 3 is 2.37 bits per heavy atom. The fraction of sp³-hybridized carbons (Fsp3) is 0.643. The van der Waals surface area contributed by atoms with Gasteiger partial charge in [0, 0.05) is 17.3 Å². The Morgan fingerprint density at radius 1 is 1.32 bits per heavy atom. The lowest BCUT2D eigenvalue weighted by Gasteiger charge is -2.39. The van der Waals surface area contributed by atoms with E-state index < -0.39 is 16.9 Å². The first-order valence-electron chi connectivity index (χ1n) is 6.46. The molecule has 0 unspecified atom stereocenters. The highest BCUT2D eigenvalue weighted by Gasteiger charge is 2.43. The van der Waals surface area contributed by atoms with E-state index in [4.69, 9.17) is 0 Å². The van der Waals surface area contributed by atoms with Gasteiger partial charge in [-0.1, -0.05) is 6.92 Å². The van der Waals surface area contributed by atoms with Gasteiger partial charge in [0.15, 0.2) is 0 Å². The molecule has 19 heavy (non-hydrogen) atoms. The molecule has 1 rings (SSSR count). The first-order valence-corrected chi connectivity index (χ1v) is 6.46. The van der Waals surface area contributed by atoms with Crippen LogP contribution >= 0.6 is 0 Å². The van der Waals surface area contributed by atoms with Gasteiger partial charge in [0.2, 0.25) is 0 Å². The smallest absolute Gasteiger partial charge is 0.311 e. The van der Waals surface area contributed by atoms with Crippen molar-refractivity contribution in [2.45, 2.75) is 53.5 Å². The molecule has 0 amide bonds.